The molecule has 0 unspecified atom stereocenters. The SMILES string of the molecule is COC(=O)c1cn(Nc2nc3ccccc3[nH]c2=O)cc2c(=O)[nH]nc1-2. The Balaban J connectivity index is 1.85. The highest BCUT2D eigenvalue weighted by Gasteiger charge is 2.22. The second-order valence-corrected chi connectivity index (χ2v) is 5.43. The van der Waals surface area contributed by atoms with Crippen LogP contribution in [0.1, 0.15) is 10.4 Å². The van der Waals surface area contributed by atoms with Gasteiger partial charge in [-0.2, -0.15) is 5.10 Å². The minimum Gasteiger partial charge on any atom is -0.465 e. The molecule has 1 aromatic carbocycles. The number of esters is 1. The van der Waals surface area contributed by atoms with Gasteiger partial charge in [-0.15, -0.1) is 0 Å². The van der Waals surface area contributed by atoms with Gasteiger partial charge in [-0.1, -0.05) is 12.1 Å². The monoisotopic (exact) mass is 352 g/mol. The number of rotatable bonds is 3. The molecule has 26 heavy (non-hydrogen) atoms. The number of nitrogens with zero attached hydrogens (tertiary/aromatic N) is 3. The molecular weight excluding hydrogens is 340 g/mol. The van der Waals surface area contributed by atoms with Gasteiger partial charge in [-0.05, 0) is 12.1 Å². The van der Waals surface area contributed by atoms with Crippen LogP contribution in [0.15, 0.2) is 46.2 Å². The third-order valence-corrected chi connectivity index (χ3v) is 3.80. The zero-order valence-corrected chi connectivity index (χ0v) is 13.4. The van der Waals surface area contributed by atoms with E-state index >= 15 is 0 Å². The van der Waals surface area contributed by atoms with E-state index in [4.69, 9.17) is 4.74 Å². The summed E-state index contributed by atoms with van der Waals surface area (Å²) in [6.45, 7) is 0. The molecule has 0 fully saturated rings. The number of aromatic amines is 2. The first-order valence-corrected chi connectivity index (χ1v) is 7.51. The summed E-state index contributed by atoms with van der Waals surface area (Å²) < 4.78 is 6.01. The number of ether oxygens (including phenoxy) is 1. The number of benzene rings is 1. The van der Waals surface area contributed by atoms with Gasteiger partial charge in [0.25, 0.3) is 11.1 Å². The van der Waals surface area contributed by atoms with Crippen molar-refractivity contribution in [2.75, 3.05) is 12.5 Å². The van der Waals surface area contributed by atoms with E-state index in [1.54, 1.807) is 24.3 Å². The van der Waals surface area contributed by atoms with Gasteiger partial charge < -0.3 is 9.72 Å². The molecule has 2 aromatic rings. The maximum atomic E-state index is 12.2. The van der Waals surface area contributed by atoms with E-state index in [1.807, 2.05) is 0 Å². The van der Waals surface area contributed by atoms with Crippen molar-refractivity contribution in [3.05, 3.63) is 62.9 Å². The summed E-state index contributed by atoms with van der Waals surface area (Å²) in [6.07, 6.45) is 2.77. The zero-order chi connectivity index (χ0) is 18.3. The molecule has 0 atom stereocenters. The van der Waals surface area contributed by atoms with Crippen LogP contribution in [-0.2, 0) is 4.74 Å². The van der Waals surface area contributed by atoms with Crippen LogP contribution in [0.4, 0.5) is 5.82 Å². The van der Waals surface area contributed by atoms with Gasteiger partial charge in [0.1, 0.15) is 11.3 Å². The molecule has 0 radical (unpaired) electrons. The predicted molar refractivity (Wildman–Crippen MR) is 92.2 cm³/mol. The molecule has 0 aliphatic carbocycles. The van der Waals surface area contributed by atoms with Crippen molar-refractivity contribution in [2.24, 2.45) is 0 Å². The van der Waals surface area contributed by atoms with Crippen molar-refractivity contribution >= 4 is 22.8 Å². The molecule has 10 heteroatoms. The highest BCUT2D eigenvalue weighted by molar-refractivity contribution is 5.96. The summed E-state index contributed by atoms with van der Waals surface area (Å²) >= 11 is 0. The quantitative estimate of drug-likeness (QED) is 0.459. The third kappa shape index (κ3) is 2.49. The van der Waals surface area contributed by atoms with Crippen LogP contribution in [0.5, 0.6) is 0 Å². The molecule has 4 rings (SSSR count). The zero-order valence-electron chi connectivity index (χ0n) is 13.4. The average Bonchev–Trinajstić information content (AvgIpc) is 3.02. The lowest BCUT2D eigenvalue weighted by atomic mass is 10.1. The summed E-state index contributed by atoms with van der Waals surface area (Å²) in [5.41, 5.74) is 3.42. The number of anilines is 1. The Bertz CT molecular complexity index is 1220. The fourth-order valence-corrected chi connectivity index (χ4v) is 2.59. The molecule has 0 saturated carbocycles. The van der Waals surface area contributed by atoms with Gasteiger partial charge in [0.15, 0.2) is 0 Å². The second-order valence-electron chi connectivity index (χ2n) is 5.43. The van der Waals surface area contributed by atoms with Gasteiger partial charge in [-0.25, -0.2) is 14.9 Å². The van der Waals surface area contributed by atoms with Crippen molar-refractivity contribution in [1.82, 2.24) is 24.8 Å². The van der Waals surface area contributed by atoms with E-state index in [2.05, 4.69) is 25.6 Å². The fourth-order valence-electron chi connectivity index (χ4n) is 2.59. The lowest BCUT2D eigenvalue weighted by Crippen LogP contribution is -2.22. The van der Waals surface area contributed by atoms with Crippen molar-refractivity contribution in [2.45, 2.75) is 0 Å². The number of nitrogens with one attached hydrogen (secondary N) is 3. The second kappa shape index (κ2) is 5.84. The molecular formula is C16H12N6O4. The van der Waals surface area contributed by atoms with Gasteiger partial charge in [0.2, 0.25) is 5.82 Å². The molecule has 10 nitrogen and oxygen atoms in total. The Morgan fingerprint density at radius 1 is 1.19 bits per heavy atom. The van der Waals surface area contributed by atoms with E-state index in [9.17, 15) is 14.4 Å². The Morgan fingerprint density at radius 3 is 2.81 bits per heavy atom. The fraction of sp³-hybridized carbons (Fsp3) is 0.0625. The smallest absolute Gasteiger partial charge is 0.341 e. The summed E-state index contributed by atoms with van der Waals surface area (Å²) in [7, 11) is 1.22. The maximum absolute atomic E-state index is 12.2. The number of hydrogen-bond acceptors (Lipinski definition) is 7. The maximum Gasteiger partial charge on any atom is 0.341 e. The molecule has 130 valence electrons. The number of fused-ring (bicyclic) bond motifs is 2. The number of H-pyrrole nitrogens is 2. The summed E-state index contributed by atoms with van der Waals surface area (Å²) in [4.78, 5) is 43.1. The molecule has 2 aliphatic heterocycles. The number of methoxy groups -OCH3 is 1. The molecule has 0 spiro atoms. The minimum absolute atomic E-state index is 0.000176. The van der Waals surface area contributed by atoms with Crippen LogP contribution < -0.4 is 16.5 Å². The van der Waals surface area contributed by atoms with Crippen molar-refractivity contribution in [3.8, 4) is 11.3 Å². The van der Waals surface area contributed by atoms with E-state index in [1.165, 1.54) is 24.2 Å². The van der Waals surface area contributed by atoms with E-state index in [0.717, 1.165) is 0 Å². The van der Waals surface area contributed by atoms with Crippen LogP contribution in [0, 0.1) is 0 Å². The number of carbonyl (C=O) groups excluding carboxylic acids is 1. The van der Waals surface area contributed by atoms with Crippen molar-refractivity contribution in [1.29, 1.82) is 0 Å². The largest absolute Gasteiger partial charge is 0.465 e. The number of hydrogen-bond donors (Lipinski definition) is 3. The highest BCUT2D eigenvalue weighted by atomic mass is 16.5. The Labute approximate surface area is 144 Å². The first kappa shape index (κ1) is 15.6. The highest BCUT2D eigenvalue weighted by Crippen LogP contribution is 2.20. The molecule has 3 heterocycles. The average molecular weight is 352 g/mol. The number of carbonyl (C=O) groups is 1. The van der Waals surface area contributed by atoms with E-state index in [0.29, 0.717) is 11.0 Å². The lowest BCUT2D eigenvalue weighted by Gasteiger charge is -2.13. The van der Waals surface area contributed by atoms with Gasteiger partial charge >= 0.3 is 5.97 Å². The van der Waals surface area contributed by atoms with Crippen LogP contribution in [0.25, 0.3) is 22.3 Å². The topological polar surface area (TPSA) is 135 Å². The molecule has 1 aromatic heterocycles. The Kier molecular flexibility index (Phi) is 3.50. The van der Waals surface area contributed by atoms with Crippen LogP contribution in [-0.4, -0.2) is 37.9 Å². The first-order chi connectivity index (χ1) is 12.6. The van der Waals surface area contributed by atoms with Gasteiger partial charge in [0.05, 0.1) is 23.7 Å². The Hall–Kier alpha value is -3.95. The molecule has 2 aliphatic rings. The number of pyridine rings is 1. The standard InChI is InChI=1S/C16H12N6O4/c1-26-16(25)9-7-22(6-8-12(9)19-20-14(8)23)21-13-15(24)18-11-5-3-2-4-10(11)17-13/h2-7H,1H3,(H,17,21)(H,18,24)(H,20,23). The number of para-hydroxylation sites is 2. The van der Waals surface area contributed by atoms with Crippen LogP contribution in [0.2, 0.25) is 0 Å². The first-order valence-electron chi connectivity index (χ1n) is 7.51. The molecule has 0 saturated heterocycles. The van der Waals surface area contributed by atoms with Crippen LogP contribution in [0.3, 0.4) is 0 Å². The number of aromatic nitrogens is 5. The molecule has 0 bridgehead atoms. The normalized spacial score (nSPS) is 11.0. The van der Waals surface area contributed by atoms with Gasteiger partial charge in [0, 0.05) is 12.4 Å². The molecule has 0 amide bonds. The Morgan fingerprint density at radius 2 is 2.00 bits per heavy atom. The molecule has 3 N–H and O–H groups in total. The predicted octanol–water partition coefficient (Wildman–Crippen LogP) is 0.574. The van der Waals surface area contributed by atoms with E-state index < -0.39 is 17.1 Å². The third-order valence-electron chi connectivity index (χ3n) is 3.80. The summed E-state index contributed by atoms with van der Waals surface area (Å²) in [5.74, 6) is -0.669. The van der Waals surface area contributed by atoms with Gasteiger partial charge in [-0.3, -0.25) is 19.7 Å². The van der Waals surface area contributed by atoms with E-state index in [-0.39, 0.29) is 22.6 Å². The minimum atomic E-state index is -0.668. The summed E-state index contributed by atoms with van der Waals surface area (Å²) in [6, 6.07) is 7.06. The lowest BCUT2D eigenvalue weighted by molar-refractivity contribution is 0.0600. The van der Waals surface area contributed by atoms with Crippen molar-refractivity contribution < 1.29 is 9.53 Å². The van der Waals surface area contributed by atoms with Crippen molar-refractivity contribution in [3.63, 3.8) is 0 Å². The summed E-state index contributed by atoms with van der Waals surface area (Å²) in [5, 5.41) is 6.12. The van der Waals surface area contributed by atoms with Crippen LogP contribution >= 0.6 is 0 Å².